The van der Waals surface area contributed by atoms with Crippen molar-refractivity contribution in [3.63, 3.8) is 0 Å². The lowest BCUT2D eigenvalue weighted by atomic mass is 10.1. The Morgan fingerprint density at radius 2 is 2.12 bits per heavy atom. The SMILES string of the molecule is CN(C)C(=O)COCC1CN(c2cnc(C(=O)O)cn2)CC(C)(C)O1. The first-order valence-corrected chi connectivity index (χ1v) is 7.94. The molecule has 1 atom stereocenters. The molecule has 0 spiro atoms. The molecule has 1 unspecified atom stereocenters. The summed E-state index contributed by atoms with van der Waals surface area (Å²) in [6, 6.07) is 0. The monoisotopic (exact) mass is 352 g/mol. The lowest BCUT2D eigenvalue weighted by Crippen LogP contribution is -2.54. The molecular weight excluding hydrogens is 328 g/mol. The van der Waals surface area contributed by atoms with Gasteiger partial charge in [-0.2, -0.15) is 0 Å². The largest absolute Gasteiger partial charge is 0.476 e. The van der Waals surface area contributed by atoms with E-state index in [-0.39, 0.29) is 30.9 Å². The maximum atomic E-state index is 11.6. The molecule has 0 radical (unpaired) electrons. The summed E-state index contributed by atoms with van der Waals surface area (Å²) in [6.45, 7) is 5.29. The van der Waals surface area contributed by atoms with Crippen LogP contribution in [0.5, 0.6) is 0 Å². The van der Waals surface area contributed by atoms with Gasteiger partial charge in [0.2, 0.25) is 5.91 Å². The Kier molecular flexibility index (Phi) is 5.91. The predicted octanol–water partition coefficient (Wildman–Crippen LogP) is 0.263. The Morgan fingerprint density at radius 3 is 2.68 bits per heavy atom. The van der Waals surface area contributed by atoms with Gasteiger partial charge in [0.1, 0.15) is 12.4 Å². The van der Waals surface area contributed by atoms with Crippen molar-refractivity contribution in [3.8, 4) is 0 Å². The summed E-state index contributed by atoms with van der Waals surface area (Å²) in [7, 11) is 3.35. The minimum absolute atomic E-state index is 0.000399. The molecule has 1 aromatic rings. The second-order valence-corrected chi connectivity index (χ2v) is 6.75. The van der Waals surface area contributed by atoms with E-state index in [1.54, 1.807) is 14.1 Å². The highest BCUT2D eigenvalue weighted by Gasteiger charge is 2.34. The van der Waals surface area contributed by atoms with Gasteiger partial charge in [-0.3, -0.25) is 4.79 Å². The maximum absolute atomic E-state index is 11.6. The molecule has 0 bridgehead atoms. The molecule has 0 saturated carbocycles. The number of amides is 1. The van der Waals surface area contributed by atoms with E-state index in [9.17, 15) is 9.59 Å². The van der Waals surface area contributed by atoms with E-state index < -0.39 is 11.6 Å². The van der Waals surface area contributed by atoms with Crippen LogP contribution in [0.3, 0.4) is 0 Å². The average molecular weight is 352 g/mol. The second kappa shape index (κ2) is 7.75. The number of aromatic carboxylic acids is 1. The van der Waals surface area contributed by atoms with Gasteiger partial charge >= 0.3 is 5.97 Å². The van der Waals surface area contributed by atoms with E-state index in [0.29, 0.717) is 18.9 Å². The van der Waals surface area contributed by atoms with Gasteiger partial charge in [-0.25, -0.2) is 14.8 Å². The fourth-order valence-electron chi connectivity index (χ4n) is 2.56. The van der Waals surface area contributed by atoms with Crippen LogP contribution in [0, 0.1) is 0 Å². The Labute approximate surface area is 146 Å². The Hall–Kier alpha value is -2.26. The number of carbonyl (C=O) groups excluding carboxylic acids is 1. The zero-order valence-corrected chi connectivity index (χ0v) is 14.9. The van der Waals surface area contributed by atoms with E-state index in [4.69, 9.17) is 14.6 Å². The summed E-state index contributed by atoms with van der Waals surface area (Å²) in [5.41, 5.74) is -0.538. The quantitative estimate of drug-likeness (QED) is 0.777. The molecule has 9 heteroatoms. The van der Waals surface area contributed by atoms with E-state index >= 15 is 0 Å². The summed E-state index contributed by atoms with van der Waals surface area (Å²) in [5, 5.41) is 8.91. The fourth-order valence-corrected chi connectivity index (χ4v) is 2.56. The van der Waals surface area contributed by atoms with Crippen LogP contribution >= 0.6 is 0 Å². The number of carboxylic acids is 1. The Bertz CT molecular complexity index is 617. The molecule has 1 aromatic heterocycles. The Morgan fingerprint density at radius 1 is 1.40 bits per heavy atom. The summed E-state index contributed by atoms with van der Waals surface area (Å²) >= 11 is 0. The lowest BCUT2D eigenvalue weighted by Gasteiger charge is -2.43. The number of hydrogen-bond donors (Lipinski definition) is 1. The molecule has 1 N–H and O–H groups in total. The molecule has 1 saturated heterocycles. The van der Waals surface area contributed by atoms with Gasteiger partial charge in [0.25, 0.3) is 0 Å². The van der Waals surface area contributed by atoms with Crippen molar-refractivity contribution in [2.24, 2.45) is 0 Å². The average Bonchev–Trinajstić information content (AvgIpc) is 2.53. The van der Waals surface area contributed by atoms with E-state index in [2.05, 4.69) is 9.97 Å². The number of hydrogen-bond acceptors (Lipinski definition) is 7. The van der Waals surface area contributed by atoms with Crippen molar-refractivity contribution >= 4 is 17.7 Å². The minimum Gasteiger partial charge on any atom is -0.476 e. The van der Waals surface area contributed by atoms with Crippen LogP contribution in [0.1, 0.15) is 24.3 Å². The highest BCUT2D eigenvalue weighted by atomic mass is 16.6. The molecule has 138 valence electrons. The number of ether oxygens (including phenoxy) is 2. The van der Waals surface area contributed by atoms with Crippen LogP contribution in [-0.2, 0) is 14.3 Å². The number of carboxylic acid groups (broad SMARTS) is 1. The molecule has 1 aliphatic rings. The van der Waals surface area contributed by atoms with E-state index in [0.717, 1.165) is 0 Å². The van der Waals surface area contributed by atoms with Crippen LogP contribution in [0.4, 0.5) is 5.82 Å². The molecule has 2 rings (SSSR count). The summed E-state index contributed by atoms with van der Waals surface area (Å²) in [5.74, 6) is -0.643. The van der Waals surface area contributed by atoms with Crippen LogP contribution in [0.2, 0.25) is 0 Å². The number of carbonyl (C=O) groups is 2. The molecule has 25 heavy (non-hydrogen) atoms. The number of rotatable bonds is 6. The third-order valence-electron chi connectivity index (χ3n) is 3.69. The molecule has 1 amide bonds. The first-order chi connectivity index (χ1) is 11.7. The van der Waals surface area contributed by atoms with Crippen molar-refractivity contribution in [1.29, 1.82) is 0 Å². The normalized spacial score (nSPS) is 19.5. The summed E-state index contributed by atoms with van der Waals surface area (Å²) in [4.78, 5) is 34.0. The maximum Gasteiger partial charge on any atom is 0.356 e. The van der Waals surface area contributed by atoms with Crippen LogP contribution < -0.4 is 4.90 Å². The van der Waals surface area contributed by atoms with Crippen molar-refractivity contribution in [2.75, 3.05) is 45.3 Å². The van der Waals surface area contributed by atoms with E-state index in [1.165, 1.54) is 17.3 Å². The predicted molar refractivity (Wildman–Crippen MR) is 89.7 cm³/mol. The Balaban J connectivity index is 2.00. The smallest absolute Gasteiger partial charge is 0.356 e. The highest BCUT2D eigenvalue weighted by Crippen LogP contribution is 2.24. The standard InChI is InChI=1S/C16H24N4O5/c1-16(2)10-20(13-6-17-12(5-18-13)15(22)23)7-11(25-16)8-24-9-14(21)19(3)4/h5-6,11H,7-10H2,1-4H3,(H,22,23). The van der Waals surface area contributed by atoms with Crippen molar-refractivity contribution in [3.05, 3.63) is 18.1 Å². The topological polar surface area (TPSA) is 105 Å². The molecule has 2 heterocycles. The number of likely N-dealkylation sites (N-methyl/N-ethyl adjacent to an activating group) is 1. The zero-order chi connectivity index (χ0) is 18.6. The third kappa shape index (κ3) is 5.36. The number of anilines is 1. The first kappa shape index (κ1) is 19.1. The fraction of sp³-hybridized carbons (Fsp3) is 0.625. The third-order valence-corrected chi connectivity index (χ3v) is 3.69. The van der Waals surface area contributed by atoms with Gasteiger partial charge in [-0.05, 0) is 13.8 Å². The first-order valence-electron chi connectivity index (χ1n) is 7.94. The van der Waals surface area contributed by atoms with Crippen LogP contribution in [0.25, 0.3) is 0 Å². The van der Waals surface area contributed by atoms with Gasteiger partial charge in [-0.1, -0.05) is 0 Å². The number of nitrogens with zero attached hydrogens (tertiary/aromatic N) is 4. The van der Waals surface area contributed by atoms with Gasteiger partial charge in [0.05, 0.1) is 30.7 Å². The number of aromatic nitrogens is 2. The van der Waals surface area contributed by atoms with Gasteiger partial charge < -0.3 is 24.4 Å². The number of morpholine rings is 1. The van der Waals surface area contributed by atoms with Gasteiger partial charge in [0.15, 0.2) is 5.69 Å². The van der Waals surface area contributed by atoms with E-state index in [1.807, 2.05) is 18.7 Å². The molecular formula is C16H24N4O5. The highest BCUT2D eigenvalue weighted by molar-refractivity contribution is 5.84. The summed E-state index contributed by atoms with van der Waals surface area (Å²) in [6.07, 6.45) is 2.44. The van der Waals surface area contributed by atoms with Gasteiger partial charge in [-0.15, -0.1) is 0 Å². The second-order valence-electron chi connectivity index (χ2n) is 6.75. The van der Waals surface area contributed by atoms with Crippen molar-refractivity contribution < 1.29 is 24.2 Å². The van der Waals surface area contributed by atoms with Crippen molar-refractivity contribution in [1.82, 2.24) is 14.9 Å². The summed E-state index contributed by atoms with van der Waals surface area (Å²) < 4.78 is 11.5. The van der Waals surface area contributed by atoms with Crippen LogP contribution in [-0.4, -0.2) is 84.0 Å². The molecule has 1 aliphatic heterocycles. The lowest BCUT2D eigenvalue weighted by molar-refractivity contribution is -0.139. The van der Waals surface area contributed by atoms with Gasteiger partial charge in [0, 0.05) is 27.2 Å². The minimum atomic E-state index is -1.11. The molecule has 0 aliphatic carbocycles. The molecule has 9 nitrogen and oxygen atoms in total. The van der Waals surface area contributed by atoms with Crippen molar-refractivity contribution in [2.45, 2.75) is 25.6 Å². The zero-order valence-electron chi connectivity index (χ0n) is 14.9. The molecule has 1 fully saturated rings. The van der Waals surface area contributed by atoms with Crippen LogP contribution in [0.15, 0.2) is 12.4 Å². The molecule has 0 aromatic carbocycles.